The maximum absolute atomic E-state index is 4.32. The van der Waals surface area contributed by atoms with Crippen LogP contribution in [0.15, 0.2) is 30.6 Å². The third-order valence-corrected chi connectivity index (χ3v) is 3.33. The SMILES string of the molecule is CCCCCCCCNc1ccc2nccnc2c1. The second-order valence-corrected chi connectivity index (χ2v) is 4.95. The van der Waals surface area contributed by atoms with Crippen molar-refractivity contribution in [2.45, 2.75) is 45.4 Å². The smallest absolute Gasteiger partial charge is 0.0907 e. The number of hydrogen-bond acceptors (Lipinski definition) is 3. The highest BCUT2D eigenvalue weighted by molar-refractivity contribution is 5.78. The fourth-order valence-electron chi connectivity index (χ4n) is 2.21. The first-order chi connectivity index (χ1) is 9.40. The Morgan fingerprint density at radius 2 is 1.63 bits per heavy atom. The Balaban J connectivity index is 1.72. The van der Waals surface area contributed by atoms with Crippen molar-refractivity contribution < 1.29 is 0 Å². The molecule has 0 aliphatic rings. The van der Waals surface area contributed by atoms with E-state index >= 15 is 0 Å². The predicted octanol–water partition coefficient (Wildman–Crippen LogP) is 4.40. The molecule has 0 saturated heterocycles. The van der Waals surface area contributed by atoms with Crippen LogP contribution in [0.2, 0.25) is 0 Å². The monoisotopic (exact) mass is 257 g/mol. The first-order valence-electron chi connectivity index (χ1n) is 7.35. The van der Waals surface area contributed by atoms with E-state index in [4.69, 9.17) is 0 Å². The number of anilines is 1. The third kappa shape index (κ3) is 4.51. The molecule has 1 N–H and O–H groups in total. The van der Waals surface area contributed by atoms with Crippen molar-refractivity contribution in [1.29, 1.82) is 0 Å². The highest BCUT2D eigenvalue weighted by Crippen LogP contribution is 2.15. The molecule has 0 aliphatic heterocycles. The van der Waals surface area contributed by atoms with Gasteiger partial charge in [-0.3, -0.25) is 9.97 Å². The van der Waals surface area contributed by atoms with Crippen molar-refractivity contribution in [3.8, 4) is 0 Å². The molecular formula is C16H23N3. The molecule has 0 unspecified atom stereocenters. The summed E-state index contributed by atoms with van der Waals surface area (Å²) in [6.45, 7) is 3.29. The van der Waals surface area contributed by atoms with Crippen molar-refractivity contribution in [2.75, 3.05) is 11.9 Å². The lowest BCUT2D eigenvalue weighted by molar-refractivity contribution is 0.617. The van der Waals surface area contributed by atoms with Gasteiger partial charge in [-0.25, -0.2) is 0 Å². The fourth-order valence-corrected chi connectivity index (χ4v) is 2.21. The molecule has 1 aromatic carbocycles. The average Bonchev–Trinajstić information content (AvgIpc) is 2.46. The summed E-state index contributed by atoms with van der Waals surface area (Å²) >= 11 is 0. The lowest BCUT2D eigenvalue weighted by Gasteiger charge is -2.07. The van der Waals surface area contributed by atoms with E-state index in [1.165, 1.54) is 38.5 Å². The molecule has 0 fully saturated rings. The predicted molar refractivity (Wildman–Crippen MR) is 81.4 cm³/mol. The molecule has 19 heavy (non-hydrogen) atoms. The molecule has 0 saturated carbocycles. The number of hydrogen-bond donors (Lipinski definition) is 1. The zero-order valence-corrected chi connectivity index (χ0v) is 11.7. The minimum Gasteiger partial charge on any atom is -0.385 e. The van der Waals surface area contributed by atoms with Crippen molar-refractivity contribution >= 4 is 16.7 Å². The zero-order valence-electron chi connectivity index (χ0n) is 11.7. The van der Waals surface area contributed by atoms with Gasteiger partial charge in [-0.05, 0) is 24.6 Å². The fraction of sp³-hybridized carbons (Fsp3) is 0.500. The molecule has 0 atom stereocenters. The van der Waals surface area contributed by atoms with Crippen LogP contribution in [-0.4, -0.2) is 16.5 Å². The van der Waals surface area contributed by atoms with E-state index in [9.17, 15) is 0 Å². The molecule has 2 rings (SSSR count). The quantitative estimate of drug-likeness (QED) is 0.712. The minimum absolute atomic E-state index is 0.951. The maximum Gasteiger partial charge on any atom is 0.0907 e. The number of unbranched alkanes of at least 4 members (excludes halogenated alkanes) is 5. The van der Waals surface area contributed by atoms with Gasteiger partial charge in [0.15, 0.2) is 0 Å². The van der Waals surface area contributed by atoms with Crippen molar-refractivity contribution in [2.24, 2.45) is 0 Å². The van der Waals surface area contributed by atoms with Gasteiger partial charge in [-0.15, -0.1) is 0 Å². The minimum atomic E-state index is 0.951. The molecule has 0 aliphatic carbocycles. The van der Waals surface area contributed by atoms with E-state index in [2.05, 4.69) is 34.3 Å². The van der Waals surface area contributed by atoms with Crippen LogP contribution in [0.4, 0.5) is 5.69 Å². The van der Waals surface area contributed by atoms with Gasteiger partial charge in [0.2, 0.25) is 0 Å². The summed E-state index contributed by atoms with van der Waals surface area (Å²) in [5.74, 6) is 0. The number of nitrogens with one attached hydrogen (secondary N) is 1. The molecule has 0 bridgehead atoms. The molecule has 2 aromatic rings. The molecule has 1 heterocycles. The first-order valence-corrected chi connectivity index (χ1v) is 7.35. The van der Waals surface area contributed by atoms with Crippen LogP contribution in [0, 0.1) is 0 Å². The van der Waals surface area contributed by atoms with Gasteiger partial charge in [0.25, 0.3) is 0 Å². The Morgan fingerprint density at radius 3 is 2.47 bits per heavy atom. The third-order valence-electron chi connectivity index (χ3n) is 3.33. The zero-order chi connectivity index (χ0) is 13.3. The van der Waals surface area contributed by atoms with Crippen LogP contribution in [0.25, 0.3) is 11.0 Å². The van der Waals surface area contributed by atoms with Crippen molar-refractivity contribution in [1.82, 2.24) is 9.97 Å². The van der Waals surface area contributed by atoms with E-state index in [0.717, 1.165) is 23.3 Å². The summed E-state index contributed by atoms with van der Waals surface area (Å²) in [6, 6.07) is 6.17. The Labute approximate surface area is 115 Å². The van der Waals surface area contributed by atoms with Crippen LogP contribution < -0.4 is 5.32 Å². The summed E-state index contributed by atoms with van der Waals surface area (Å²) < 4.78 is 0. The van der Waals surface area contributed by atoms with Crippen molar-refractivity contribution in [3.63, 3.8) is 0 Å². The van der Waals surface area contributed by atoms with Crippen LogP contribution in [0.1, 0.15) is 45.4 Å². The highest BCUT2D eigenvalue weighted by atomic mass is 14.9. The summed E-state index contributed by atoms with van der Waals surface area (Å²) in [7, 11) is 0. The second-order valence-electron chi connectivity index (χ2n) is 4.95. The van der Waals surface area contributed by atoms with Crippen LogP contribution in [0.5, 0.6) is 0 Å². The molecule has 3 heteroatoms. The molecule has 0 amide bonds. The van der Waals surface area contributed by atoms with E-state index in [0.29, 0.717) is 0 Å². The molecule has 0 spiro atoms. The largest absolute Gasteiger partial charge is 0.385 e. The Kier molecular flexibility index (Phi) is 5.60. The van der Waals surface area contributed by atoms with E-state index in [-0.39, 0.29) is 0 Å². The second kappa shape index (κ2) is 7.72. The molecular weight excluding hydrogens is 234 g/mol. The van der Waals surface area contributed by atoms with E-state index in [1.807, 2.05) is 6.07 Å². The number of aromatic nitrogens is 2. The van der Waals surface area contributed by atoms with Crippen LogP contribution in [-0.2, 0) is 0 Å². The Bertz CT molecular complexity index is 496. The molecule has 0 radical (unpaired) electrons. The average molecular weight is 257 g/mol. The summed E-state index contributed by atoms with van der Waals surface area (Å²) in [5.41, 5.74) is 3.05. The van der Waals surface area contributed by atoms with E-state index < -0.39 is 0 Å². The number of rotatable bonds is 8. The summed E-state index contributed by atoms with van der Waals surface area (Å²) in [5, 5.41) is 3.46. The topological polar surface area (TPSA) is 37.8 Å². The lowest BCUT2D eigenvalue weighted by Crippen LogP contribution is -2.01. The van der Waals surface area contributed by atoms with Gasteiger partial charge in [0.1, 0.15) is 0 Å². The van der Waals surface area contributed by atoms with Gasteiger partial charge in [-0.1, -0.05) is 39.0 Å². The lowest BCUT2D eigenvalue weighted by atomic mass is 10.1. The van der Waals surface area contributed by atoms with Crippen molar-refractivity contribution in [3.05, 3.63) is 30.6 Å². The van der Waals surface area contributed by atoms with Gasteiger partial charge in [0.05, 0.1) is 11.0 Å². The number of fused-ring (bicyclic) bond motifs is 1. The highest BCUT2D eigenvalue weighted by Gasteiger charge is 1.97. The van der Waals surface area contributed by atoms with Gasteiger partial charge in [0, 0.05) is 24.6 Å². The van der Waals surface area contributed by atoms with Crippen LogP contribution >= 0.6 is 0 Å². The van der Waals surface area contributed by atoms with Gasteiger partial charge < -0.3 is 5.32 Å². The first kappa shape index (κ1) is 13.8. The van der Waals surface area contributed by atoms with E-state index in [1.54, 1.807) is 12.4 Å². The maximum atomic E-state index is 4.32. The summed E-state index contributed by atoms with van der Waals surface area (Å²) in [4.78, 5) is 8.59. The molecule has 102 valence electrons. The van der Waals surface area contributed by atoms with Crippen LogP contribution in [0.3, 0.4) is 0 Å². The molecule has 1 aromatic heterocycles. The number of nitrogens with zero attached hydrogens (tertiary/aromatic N) is 2. The Hall–Kier alpha value is -1.64. The normalized spacial score (nSPS) is 10.8. The summed E-state index contributed by atoms with van der Waals surface area (Å²) in [6.07, 6.45) is 11.4. The standard InChI is InChI=1S/C16H23N3/c1-2-3-4-5-6-7-10-17-14-8-9-15-16(13-14)19-12-11-18-15/h8-9,11-13,17H,2-7,10H2,1H3. The Morgan fingerprint density at radius 1 is 0.895 bits per heavy atom. The molecule has 3 nitrogen and oxygen atoms in total. The van der Waals surface area contributed by atoms with Gasteiger partial charge >= 0.3 is 0 Å². The van der Waals surface area contributed by atoms with Gasteiger partial charge in [-0.2, -0.15) is 0 Å². The number of benzene rings is 1.